The lowest BCUT2D eigenvalue weighted by atomic mass is 9.82. The number of aryl methyl sites for hydroxylation is 1. The lowest BCUT2D eigenvalue weighted by Gasteiger charge is -2.32. The molecule has 3 aromatic rings. The summed E-state index contributed by atoms with van der Waals surface area (Å²) in [7, 11) is -2.80. The SMILES string of the molecule is C[C@H]1[C@H]([Si](C)(C)O)[C@@H](CCn2cc(CCO)nn2)O[C@]12C(=O)N(Cc1ccc(N3CCCCCCC3=O)cc1)c1ccc(Br)cc12. The van der Waals surface area contributed by atoms with Gasteiger partial charge in [0.15, 0.2) is 13.9 Å². The number of carbonyl (C=O) groups is 2. The number of hydrogen-bond donors (Lipinski definition) is 2. The molecular weight excluding hydrogens is 666 g/mol. The second kappa shape index (κ2) is 13.3. The minimum atomic E-state index is -2.80. The average Bonchev–Trinajstić information content (AvgIpc) is 3.65. The Bertz CT molecular complexity index is 1580. The molecule has 2 fully saturated rings. The summed E-state index contributed by atoms with van der Waals surface area (Å²) in [5.74, 6) is -0.214. The van der Waals surface area contributed by atoms with Gasteiger partial charge in [-0.2, -0.15) is 0 Å². The summed E-state index contributed by atoms with van der Waals surface area (Å²) < 4.78 is 9.55. The van der Waals surface area contributed by atoms with E-state index in [1.807, 2.05) is 78.5 Å². The van der Waals surface area contributed by atoms with E-state index in [1.165, 1.54) is 0 Å². The molecule has 246 valence electrons. The van der Waals surface area contributed by atoms with Gasteiger partial charge in [-0.25, -0.2) is 0 Å². The first-order chi connectivity index (χ1) is 22.0. The highest BCUT2D eigenvalue weighted by Gasteiger charge is 2.66. The van der Waals surface area contributed by atoms with E-state index in [4.69, 9.17) is 4.74 Å². The molecule has 6 rings (SSSR count). The molecular formula is C34H44BrN5O5Si. The van der Waals surface area contributed by atoms with Crippen molar-refractivity contribution in [3.63, 3.8) is 0 Å². The first-order valence-electron chi connectivity index (χ1n) is 16.4. The fourth-order valence-corrected chi connectivity index (χ4v) is 10.8. The second-order valence-corrected chi connectivity index (χ2v) is 18.4. The van der Waals surface area contributed by atoms with Crippen molar-refractivity contribution in [1.82, 2.24) is 15.0 Å². The first-order valence-corrected chi connectivity index (χ1v) is 20.3. The maximum absolute atomic E-state index is 14.7. The van der Waals surface area contributed by atoms with E-state index in [2.05, 4.69) is 26.2 Å². The molecule has 0 radical (unpaired) electrons. The molecule has 12 heteroatoms. The fraction of sp³-hybridized carbons (Fsp3) is 0.529. The van der Waals surface area contributed by atoms with E-state index >= 15 is 0 Å². The second-order valence-electron chi connectivity index (χ2n) is 13.5. The molecule has 3 aliphatic heterocycles. The molecule has 4 heterocycles. The van der Waals surface area contributed by atoms with Crippen molar-refractivity contribution in [3.8, 4) is 0 Å². The Labute approximate surface area is 280 Å². The number of benzene rings is 2. The summed E-state index contributed by atoms with van der Waals surface area (Å²) in [6, 6.07) is 13.9. The van der Waals surface area contributed by atoms with Gasteiger partial charge in [-0.1, -0.05) is 53.0 Å². The summed E-state index contributed by atoms with van der Waals surface area (Å²) in [5, 5.41) is 17.6. The third kappa shape index (κ3) is 6.22. The van der Waals surface area contributed by atoms with Crippen LogP contribution in [0.15, 0.2) is 53.1 Å². The van der Waals surface area contributed by atoms with Gasteiger partial charge in [-0.3, -0.25) is 14.3 Å². The third-order valence-electron chi connectivity index (χ3n) is 9.95. The largest absolute Gasteiger partial charge is 0.432 e. The predicted octanol–water partition coefficient (Wildman–Crippen LogP) is 5.31. The smallest absolute Gasteiger partial charge is 0.264 e. The maximum atomic E-state index is 14.7. The number of aliphatic hydroxyl groups excluding tert-OH is 1. The van der Waals surface area contributed by atoms with E-state index in [1.54, 1.807) is 4.68 Å². The van der Waals surface area contributed by atoms with Crippen LogP contribution in [0.4, 0.5) is 11.4 Å². The van der Waals surface area contributed by atoms with Gasteiger partial charge >= 0.3 is 0 Å². The van der Waals surface area contributed by atoms with Crippen molar-refractivity contribution < 1.29 is 24.2 Å². The van der Waals surface area contributed by atoms with Crippen molar-refractivity contribution in [1.29, 1.82) is 0 Å². The minimum Gasteiger partial charge on any atom is -0.432 e. The monoisotopic (exact) mass is 709 g/mol. The zero-order chi connectivity index (χ0) is 32.6. The summed E-state index contributed by atoms with van der Waals surface area (Å²) in [5.41, 5.74) is 2.77. The predicted molar refractivity (Wildman–Crippen MR) is 182 cm³/mol. The third-order valence-corrected chi connectivity index (χ3v) is 13.0. The molecule has 2 saturated heterocycles. The molecule has 4 atom stereocenters. The number of aliphatic hydroxyl groups is 1. The molecule has 10 nitrogen and oxygen atoms in total. The Hall–Kier alpha value is -2.90. The van der Waals surface area contributed by atoms with Crippen molar-refractivity contribution in [2.24, 2.45) is 5.92 Å². The number of ether oxygens (including phenoxy) is 1. The fourth-order valence-electron chi connectivity index (χ4n) is 7.81. The van der Waals surface area contributed by atoms with Gasteiger partial charge < -0.3 is 24.4 Å². The average molecular weight is 711 g/mol. The first kappa shape index (κ1) is 33.0. The van der Waals surface area contributed by atoms with Gasteiger partial charge in [-0.05, 0) is 68.3 Å². The quantitative estimate of drug-likeness (QED) is 0.289. The molecule has 1 spiro atoms. The number of aromatic nitrogens is 3. The molecule has 2 N–H and O–H groups in total. The number of hydrogen-bond acceptors (Lipinski definition) is 7. The van der Waals surface area contributed by atoms with E-state index < -0.39 is 13.9 Å². The van der Waals surface area contributed by atoms with Crippen LogP contribution in [0.1, 0.15) is 62.3 Å². The lowest BCUT2D eigenvalue weighted by molar-refractivity contribution is -0.146. The van der Waals surface area contributed by atoms with Gasteiger partial charge in [-0.15, -0.1) is 5.10 Å². The van der Waals surface area contributed by atoms with Crippen LogP contribution in [-0.2, 0) is 39.4 Å². The molecule has 0 bridgehead atoms. The molecule has 0 aliphatic carbocycles. The van der Waals surface area contributed by atoms with Crippen LogP contribution in [0.5, 0.6) is 0 Å². The van der Waals surface area contributed by atoms with Crippen LogP contribution in [0.2, 0.25) is 18.6 Å². The summed E-state index contributed by atoms with van der Waals surface area (Å²) in [4.78, 5) is 42.8. The zero-order valence-corrected chi connectivity index (χ0v) is 29.4. The zero-order valence-electron chi connectivity index (χ0n) is 26.9. The molecule has 46 heavy (non-hydrogen) atoms. The number of amides is 2. The van der Waals surface area contributed by atoms with Crippen LogP contribution in [-0.4, -0.2) is 64.3 Å². The number of nitrogens with zero attached hydrogens (tertiary/aromatic N) is 5. The van der Waals surface area contributed by atoms with Crippen LogP contribution < -0.4 is 9.80 Å². The molecule has 1 aromatic heterocycles. The van der Waals surface area contributed by atoms with Crippen molar-refractivity contribution in [3.05, 3.63) is 70.0 Å². The number of carbonyl (C=O) groups excluding carboxylic acids is 2. The van der Waals surface area contributed by atoms with E-state index in [-0.39, 0.29) is 36.0 Å². The number of anilines is 2. The summed E-state index contributed by atoms with van der Waals surface area (Å²) in [6.45, 7) is 7.52. The Morgan fingerprint density at radius 3 is 2.59 bits per heavy atom. The molecule has 3 aliphatic rings. The Kier molecular flexibility index (Phi) is 9.55. The highest BCUT2D eigenvalue weighted by Crippen LogP contribution is 2.60. The lowest BCUT2D eigenvalue weighted by Crippen LogP contribution is -2.46. The van der Waals surface area contributed by atoms with Gasteiger partial charge in [0.1, 0.15) is 0 Å². The van der Waals surface area contributed by atoms with Crippen LogP contribution in [0.3, 0.4) is 0 Å². The van der Waals surface area contributed by atoms with Crippen LogP contribution in [0, 0.1) is 5.92 Å². The highest BCUT2D eigenvalue weighted by atomic mass is 79.9. The Balaban J connectivity index is 1.28. The topological polar surface area (TPSA) is 121 Å². The standard InChI is InChI=1S/C34H44BrN5O5Si/c1-23-32(46(2,3)44)30(15-18-38-22-26(16-19-41)36-37-38)45-34(23)28-20-25(35)11-14-29(28)40(33(34)43)21-24-9-12-27(13-10-24)39-17-7-5-4-6-8-31(39)42/h9-14,20,22-23,30,32,41,44H,4-8,15-19,21H2,1-3H3/t23-,30+,32-,34+/m0/s1. The highest BCUT2D eigenvalue weighted by molar-refractivity contribution is 9.10. The van der Waals surface area contributed by atoms with E-state index in [9.17, 15) is 19.5 Å². The Morgan fingerprint density at radius 2 is 1.85 bits per heavy atom. The number of halogens is 1. The summed E-state index contributed by atoms with van der Waals surface area (Å²) >= 11 is 3.63. The van der Waals surface area contributed by atoms with Gasteiger partial charge in [0.2, 0.25) is 5.91 Å². The number of rotatable bonds is 9. The summed E-state index contributed by atoms with van der Waals surface area (Å²) in [6.07, 6.45) is 7.22. The van der Waals surface area contributed by atoms with E-state index in [0.717, 1.165) is 64.9 Å². The van der Waals surface area contributed by atoms with Crippen LogP contribution in [0.25, 0.3) is 0 Å². The molecule has 0 saturated carbocycles. The van der Waals surface area contributed by atoms with Gasteiger partial charge in [0.25, 0.3) is 5.91 Å². The van der Waals surface area contributed by atoms with Gasteiger partial charge in [0, 0.05) is 65.9 Å². The normalized spacial score (nSPS) is 25.3. The van der Waals surface area contributed by atoms with Gasteiger partial charge in [0.05, 0.1) is 24.0 Å². The van der Waals surface area contributed by atoms with Crippen molar-refractivity contribution in [2.45, 2.75) is 95.3 Å². The maximum Gasteiger partial charge on any atom is 0.264 e. The van der Waals surface area contributed by atoms with Crippen molar-refractivity contribution >= 4 is 47.4 Å². The minimum absolute atomic E-state index is 0.00663. The molecule has 2 amide bonds. The Morgan fingerprint density at radius 1 is 1.09 bits per heavy atom. The van der Waals surface area contributed by atoms with Crippen molar-refractivity contribution in [2.75, 3.05) is 23.0 Å². The molecule has 2 aromatic carbocycles. The number of fused-ring (bicyclic) bond motifs is 2. The van der Waals surface area contributed by atoms with Crippen LogP contribution >= 0.6 is 15.9 Å². The molecule has 0 unspecified atom stereocenters. The van der Waals surface area contributed by atoms with E-state index in [0.29, 0.717) is 32.4 Å².